The minimum absolute atomic E-state index is 0.0415. The molecule has 2 aromatic heterocycles. The van der Waals surface area contributed by atoms with Gasteiger partial charge in [-0.3, -0.25) is 9.59 Å². The Morgan fingerprint density at radius 1 is 1.12 bits per heavy atom. The molecule has 3 heterocycles. The summed E-state index contributed by atoms with van der Waals surface area (Å²) >= 11 is 12.6. The van der Waals surface area contributed by atoms with Crippen LogP contribution in [0.4, 0.5) is 18.9 Å². The monoisotopic (exact) mass is 612 g/mol. The lowest BCUT2D eigenvalue weighted by Crippen LogP contribution is -2.88. The van der Waals surface area contributed by atoms with Gasteiger partial charge in [0.05, 0.1) is 22.0 Å². The summed E-state index contributed by atoms with van der Waals surface area (Å²) < 4.78 is 40.5. The third-order valence-electron chi connectivity index (χ3n) is 5.83. The van der Waals surface area contributed by atoms with Gasteiger partial charge in [0, 0.05) is 16.8 Å². The zero-order valence-corrected chi connectivity index (χ0v) is 24.1. The molecule has 218 valence electrons. The number of hydrogen-bond acceptors (Lipinski definition) is 7. The number of amidine groups is 1. The van der Waals surface area contributed by atoms with Gasteiger partial charge < -0.3 is 10.6 Å². The zero-order chi connectivity index (χ0) is 30.3. The maximum Gasteiger partial charge on any atom is 0.456 e. The lowest BCUT2D eigenvalue weighted by Gasteiger charge is -2.22. The van der Waals surface area contributed by atoms with E-state index in [4.69, 9.17) is 23.2 Å². The largest absolute Gasteiger partial charge is 0.456 e. The highest BCUT2D eigenvalue weighted by atomic mass is 35.5. The predicted molar refractivity (Wildman–Crippen MR) is 147 cm³/mol. The molecule has 2 amide bonds. The molecule has 1 aliphatic rings. The number of benzene rings is 1. The first-order valence-corrected chi connectivity index (χ1v) is 13.0. The smallest absolute Gasteiger partial charge is 0.347 e. The van der Waals surface area contributed by atoms with Crippen molar-refractivity contribution < 1.29 is 28.3 Å². The Bertz CT molecular complexity index is 1530. The second-order valence-electron chi connectivity index (χ2n) is 10.3. The van der Waals surface area contributed by atoms with Crippen molar-refractivity contribution in [1.82, 2.24) is 30.6 Å². The number of nitrogens with two attached hydrogens (primary N) is 1. The molecule has 0 aliphatic carbocycles. The van der Waals surface area contributed by atoms with Gasteiger partial charge >= 0.3 is 6.18 Å². The van der Waals surface area contributed by atoms with Crippen LogP contribution in [0.3, 0.4) is 0 Å². The highest BCUT2D eigenvalue weighted by Gasteiger charge is 2.44. The van der Waals surface area contributed by atoms with Gasteiger partial charge in [-0.1, -0.05) is 23.2 Å². The topological polar surface area (TPSA) is 133 Å². The van der Waals surface area contributed by atoms with Gasteiger partial charge in [0.15, 0.2) is 5.82 Å². The summed E-state index contributed by atoms with van der Waals surface area (Å²) in [4.78, 5) is 31.1. The van der Waals surface area contributed by atoms with Crippen molar-refractivity contribution in [1.29, 1.82) is 0 Å². The van der Waals surface area contributed by atoms with Crippen molar-refractivity contribution in [3.8, 4) is 5.82 Å². The van der Waals surface area contributed by atoms with Gasteiger partial charge in [0.2, 0.25) is 0 Å². The van der Waals surface area contributed by atoms with E-state index < -0.39 is 35.4 Å². The Morgan fingerprint density at radius 2 is 1.83 bits per heavy atom. The Morgan fingerprint density at radius 3 is 2.44 bits per heavy atom. The first kappa shape index (κ1) is 30.2. The van der Waals surface area contributed by atoms with Crippen molar-refractivity contribution in [2.45, 2.75) is 52.4 Å². The third kappa shape index (κ3) is 6.78. The Labute approximate surface area is 243 Å². The number of hydrazine groups is 1. The van der Waals surface area contributed by atoms with Crippen LogP contribution in [0.25, 0.3) is 5.82 Å². The first-order valence-electron chi connectivity index (χ1n) is 12.2. The summed E-state index contributed by atoms with van der Waals surface area (Å²) in [5.41, 5.74) is 3.64. The highest BCUT2D eigenvalue weighted by Crippen LogP contribution is 2.29. The molecule has 5 N–H and O–H groups in total. The van der Waals surface area contributed by atoms with Crippen LogP contribution in [0, 0.1) is 6.92 Å². The number of aromatic nitrogens is 3. The number of nitrogens with one attached hydrogen (secondary N) is 3. The van der Waals surface area contributed by atoms with Crippen LogP contribution in [0.5, 0.6) is 0 Å². The number of nitrogens with zero attached hydrogens (tertiary/aromatic N) is 5. The van der Waals surface area contributed by atoms with Crippen molar-refractivity contribution in [2.75, 3.05) is 5.32 Å². The Balaban J connectivity index is 1.73. The molecular weight excluding hydrogens is 586 g/mol. The summed E-state index contributed by atoms with van der Waals surface area (Å²) in [6.45, 7) is 8.70. The molecule has 41 heavy (non-hydrogen) atoms. The number of alkyl halides is 3. The lowest BCUT2D eigenvalue weighted by molar-refractivity contribution is -0.816. The molecule has 11 nitrogen and oxygen atoms in total. The zero-order valence-electron chi connectivity index (χ0n) is 22.6. The van der Waals surface area contributed by atoms with Crippen molar-refractivity contribution in [2.24, 2.45) is 5.10 Å². The highest BCUT2D eigenvalue weighted by molar-refractivity contribution is 6.32. The number of aryl methyl sites for hydroxylation is 1. The number of carbonyl (C=O) groups excluding carboxylic acids is 2. The van der Waals surface area contributed by atoms with E-state index in [9.17, 15) is 22.8 Å². The van der Waals surface area contributed by atoms with Crippen LogP contribution in [-0.2, 0) is 0 Å². The van der Waals surface area contributed by atoms with Gasteiger partial charge in [-0.15, -0.1) is 5.53 Å². The summed E-state index contributed by atoms with van der Waals surface area (Å²) in [5, 5.41) is 15.0. The van der Waals surface area contributed by atoms with Gasteiger partial charge in [-0.05, 0) is 80.7 Å². The molecule has 0 saturated heterocycles. The van der Waals surface area contributed by atoms with E-state index in [2.05, 4.69) is 31.2 Å². The van der Waals surface area contributed by atoms with Gasteiger partial charge in [-0.25, -0.2) is 15.1 Å². The van der Waals surface area contributed by atoms with E-state index in [1.807, 2.05) is 20.8 Å². The molecular formula is C25H27Cl2F3N9O2+. The van der Waals surface area contributed by atoms with Gasteiger partial charge in [0.25, 0.3) is 17.6 Å². The van der Waals surface area contributed by atoms with Crippen LogP contribution >= 0.6 is 23.2 Å². The van der Waals surface area contributed by atoms with Crippen molar-refractivity contribution in [3.63, 3.8) is 0 Å². The fraction of sp³-hybridized carbons (Fsp3) is 0.320. The number of rotatable bonds is 6. The third-order valence-corrected chi connectivity index (χ3v) is 6.35. The fourth-order valence-electron chi connectivity index (χ4n) is 3.91. The average Bonchev–Trinajstić information content (AvgIpc) is 3.52. The average molecular weight is 613 g/mol. The molecule has 1 atom stereocenters. The van der Waals surface area contributed by atoms with E-state index in [0.717, 1.165) is 10.7 Å². The molecule has 0 fully saturated rings. The number of anilines is 1. The minimum atomic E-state index is -4.68. The number of quaternary nitrogens is 1. The molecule has 1 unspecified atom stereocenters. The van der Waals surface area contributed by atoms with E-state index >= 15 is 0 Å². The molecule has 1 aromatic carbocycles. The van der Waals surface area contributed by atoms with E-state index in [1.165, 1.54) is 23.0 Å². The summed E-state index contributed by atoms with van der Waals surface area (Å²) in [5.74, 6) is -2.21. The lowest BCUT2D eigenvalue weighted by atomic mass is 10.0. The second kappa shape index (κ2) is 11.3. The molecule has 4 rings (SSSR count). The molecule has 0 bridgehead atoms. The molecule has 1 aliphatic heterocycles. The Kier molecular flexibility index (Phi) is 8.32. The molecule has 0 spiro atoms. The minimum Gasteiger partial charge on any atom is -0.347 e. The molecule has 0 saturated carbocycles. The quantitative estimate of drug-likeness (QED) is 0.312. The first-order chi connectivity index (χ1) is 19.0. The van der Waals surface area contributed by atoms with E-state index in [-0.39, 0.29) is 33.5 Å². The van der Waals surface area contributed by atoms with Crippen molar-refractivity contribution >= 4 is 46.5 Å². The van der Waals surface area contributed by atoms with Crippen LogP contribution in [-0.4, -0.2) is 49.2 Å². The fourth-order valence-corrected chi connectivity index (χ4v) is 4.38. The van der Waals surface area contributed by atoms with Crippen LogP contribution in [0.15, 0.2) is 41.6 Å². The standard InChI is InChI=1S/C25H26Cl2F3N9O2/c1-12-9-14(26)10-15(21(40)33-24(3,4)5)19(12)32-22(41)18-11-17(35-38(18)20-16(27)7-6-8-31-20)13(2)39-36-23(34-37-39)25(28,29)30/h6-11,13,37H,1-5H3,(H,32,41)(H,33,40)(H,34,36)/p+1. The number of amides is 2. The van der Waals surface area contributed by atoms with Gasteiger partial charge in [-0.2, -0.15) is 18.3 Å². The summed E-state index contributed by atoms with van der Waals surface area (Å²) in [6.07, 6.45) is -3.23. The van der Waals surface area contributed by atoms with Gasteiger partial charge in [0.1, 0.15) is 11.7 Å². The predicted octanol–water partition coefficient (Wildman–Crippen LogP) is 3.90. The van der Waals surface area contributed by atoms with Crippen LogP contribution in [0.2, 0.25) is 10.0 Å². The summed E-state index contributed by atoms with van der Waals surface area (Å²) in [7, 11) is 0. The normalized spacial score (nSPS) is 14.8. The number of pyridine rings is 1. The van der Waals surface area contributed by atoms with Crippen LogP contribution < -0.4 is 21.6 Å². The molecule has 16 heteroatoms. The van der Waals surface area contributed by atoms with E-state index in [1.54, 1.807) is 32.0 Å². The number of hydrogen-bond donors (Lipinski definition) is 4. The number of halogens is 5. The maximum absolute atomic E-state index is 13.7. The summed E-state index contributed by atoms with van der Waals surface area (Å²) in [6, 6.07) is 6.77. The van der Waals surface area contributed by atoms with Crippen LogP contribution in [0.1, 0.15) is 65.8 Å². The number of carbonyl (C=O) groups is 2. The SMILES string of the molecule is Cc1cc(Cl)cc(C(=O)NC(C)(C)C)c1NC(=O)c1cc(C(C)N2NC(C(F)(F)F)=N[NH2+]2)nn1-c1ncccc1Cl. The molecule has 3 aromatic rings. The Hall–Kier alpha value is -3.72. The maximum atomic E-state index is 13.7. The second-order valence-corrected chi connectivity index (χ2v) is 11.1. The van der Waals surface area contributed by atoms with Crippen molar-refractivity contribution in [3.05, 3.63) is 69.1 Å². The molecule has 0 radical (unpaired) electrons. The van der Waals surface area contributed by atoms with E-state index in [0.29, 0.717) is 10.6 Å².